The van der Waals surface area contributed by atoms with Crippen LogP contribution in [0.15, 0.2) is 41.1 Å². The number of thiophene rings is 1. The first-order valence-corrected chi connectivity index (χ1v) is 10.1. The lowest BCUT2D eigenvalue weighted by Crippen LogP contribution is -2.32. The number of hydrogen-bond acceptors (Lipinski definition) is 6. The average molecular weight is 401 g/mol. The van der Waals surface area contributed by atoms with Gasteiger partial charge < -0.3 is 5.32 Å². The van der Waals surface area contributed by atoms with Gasteiger partial charge in [-0.3, -0.25) is 14.9 Å². The van der Waals surface area contributed by atoms with Gasteiger partial charge in [-0.15, -0.1) is 10.2 Å². The molecule has 2 N–H and O–H groups in total. The predicted molar refractivity (Wildman–Crippen MR) is 109 cm³/mol. The molecule has 0 atom stereocenters. The molecule has 0 fully saturated rings. The van der Waals surface area contributed by atoms with Crippen LogP contribution in [0, 0.1) is 0 Å². The van der Waals surface area contributed by atoms with E-state index in [4.69, 9.17) is 0 Å². The number of nitrogens with zero attached hydrogens (tertiary/aromatic N) is 2. The molecule has 0 saturated carbocycles. The number of hydrogen-bond donors (Lipinski definition) is 2. The van der Waals surface area contributed by atoms with E-state index >= 15 is 0 Å². The fourth-order valence-corrected chi connectivity index (χ4v) is 3.80. The number of carbonyl (C=O) groups is 2. The molecule has 3 rings (SSSR count). The van der Waals surface area contributed by atoms with Crippen molar-refractivity contribution in [1.82, 2.24) is 15.5 Å². The molecule has 140 valence electrons. The molecular weight excluding hydrogens is 380 g/mol. The SMILES string of the molecule is CC(C)(C)c1ccc(C(=O)NCC(=O)Nc2nnc(-c3ccsc3)s2)cc1. The Morgan fingerprint density at radius 2 is 1.81 bits per heavy atom. The molecule has 0 aliphatic rings. The van der Waals surface area contributed by atoms with Crippen molar-refractivity contribution < 1.29 is 9.59 Å². The summed E-state index contributed by atoms with van der Waals surface area (Å²) in [6.07, 6.45) is 0. The smallest absolute Gasteiger partial charge is 0.251 e. The maximum absolute atomic E-state index is 12.2. The summed E-state index contributed by atoms with van der Waals surface area (Å²) < 4.78 is 0. The molecule has 0 bridgehead atoms. The lowest BCUT2D eigenvalue weighted by atomic mass is 9.87. The van der Waals surface area contributed by atoms with E-state index in [2.05, 4.69) is 41.6 Å². The van der Waals surface area contributed by atoms with Crippen molar-refractivity contribution in [1.29, 1.82) is 0 Å². The minimum atomic E-state index is -0.345. The Morgan fingerprint density at radius 3 is 2.44 bits per heavy atom. The molecule has 3 aromatic rings. The second-order valence-corrected chi connectivity index (χ2v) is 8.74. The number of anilines is 1. The Hall–Kier alpha value is -2.58. The van der Waals surface area contributed by atoms with Crippen LogP contribution in [0.2, 0.25) is 0 Å². The van der Waals surface area contributed by atoms with E-state index in [1.54, 1.807) is 23.5 Å². The van der Waals surface area contributed by atoms with E-state index in [9.17, 15) is 9.59 Å². The lowest BCUT2D eigenvalue weighted by Gasteiger charge is -2.19. The van der Waals surface area contributed by atoms with Crippen LogP contribution in [0.3, 0.4) is 0 Å². The molecule has 0 aliphatic carbocycles. The second kappa shape index (κ2) is 7.98. The highest BCUT2D eigenvalue weighted by Crippen LogP contribution is 2.27. The highest BCUT2D eigenvalue weighted by Gasteiger charge is 2.15. The van der Waals surface area contributed by atoms with Crippen LogP contribution in [0.4, 0.5) is 5.13 Å². The zero-order valence-corrected chi connectivity index (χ0v) is 16.9. The van der Waals surface area contributed by atoms with Gasteiger partial charge in [-0.25, -0.2) is 0 Å². The minimum absolute atomic E-state index is 0.0263. The highest BCUT2D eigenvalue weighted by molar-refractivity contribution is 7.19. The van der Waals surface area contributed by atoms with Gasteiger partial charge in [-0.05, 0) is 34.6 Å². The van der Waals surface area contributed by atoms with E-state index in [1.165, 1.54) is 11.3 Å². The first-order valence-electron chi connectivity index (χ1n) is 8.37. The molecule has 0 aliphatic heterocycles. The van der Waals surface area contributed by atoms with Crippen molar-refractivity contribution in [3.63, 3.8) is 0 Å². The molecule has 2 amide bonds. The molecule has 2 heterocycles. The first-order chi connectivity index (χ1) is 12.8. The number of rotatable bonds is 5. The van der Waals surface area contributed by atoms with E-state index in [0.717, 1.165) is 16.1 Å². The van der Waals surface area contributed by atoms with E-state index < -0.39 is 0 Å². The van der Waals surface area contributed by atoms with Gasteiger partial charge in [0.15, 0.2) is 0 Å². The number of carbonyl (C=O) groups excluding carboxylic acids is 2. The molecule has 0 radical (unpaired) electrons. The van der Waals surface area contributed by atoms with Gasteiger partial charge in [0, 0.05) is 16.5 Å². The molecule has 8 heteroatoms. The standard InChI is InChI=1S/C19H20N4O2S2/c1-19(2,3)14-6-4-12(5-7-14)16(25)20-10-15(24)21-18-23-22-17(27-18)13-8-9-26-11-13/h4-9,11H,10H2,1-3H3,(H,20,25)(H,21,23,24). The van der Waals surface area contributed by atoms with Crippen LogP contribution in [0.25, 0.3) is 10.6 Å². The summed E-state index contributed by atoms with van der Waals surface area (Å²) in [5.41, 5.74) is 2.67. The molecular formula is C19H20N4O2S2. The fraction of sp³-hybridized carbons (Fsp3) is 0.263. The zero-order valence-electron chi connectivity index (χ0n) is 15.3. The van der Waals surface area contributed by atoms with E-state index in [1.807, 2.05) is 29.0 Å². The number of benzene rings is 1. The van der Waals surface area contributed by atoms with Crippen LogP contribution in [0.5, 0.6) is 0 Å². The quantitative estimate of drug-likeness (QED) is 0.680. The molecule has 6 nitrogen and oxygen atoms in total. The van der Waals surface area contributed by atoms with Crippen molar-refractivity contribution in [2.75, 3.05) is 11.9 Å². The maximum atomic E-state index is 12.2. The van der Waals surface area contributed by atoms with Crippen LogP contribution in [-0.4, -0.2) is 28.6 Å². The Balaban J connectivity index is 1.52. The van der Waals surface area contributed by atoms with Crippen molar-refractivity contribution >= 4 is 39.6 Å². The number of nitrogens with one attached hydrogen (secondary N) is 2. The van der Waals surface area contributed by atoms with Crippen LogP contribution in [-0.2, 0) is 10.2 Å². The van der Waals surface area contributed by atoms with Crippen molar-refractivity contribution in [3.05, 3.63) is 52.2 Å². The first kappa shape index (κ1) is 19.2. The van der Waals surface area contributed by atoms with Crippen LogP contribution in [0.1, 0.15) is 36.7 Å². The molecule has 1 aromatic carbocycles. The fourth-order valence-electron chi connectivity index (χ4n) is 2.32. The van der Waals surface area contributed by atoms with Gasteiger partial charge >= 0.3 is 0 Å². The van der Waals surface area contributed by atoms with Gasteiger partial charge in [-0.1, -0.05) is 44.2 Å². The zero-order chi connectivity index (χ0) is 19.4. The molecule has 0 unspecified atom stereocenters. The third-order valence-corrected chi connectivity index (χ3v) is 5.43. The van der Waals surface area contributed by atoms with Gasteiger partial charge in [-0.2, -0.15) is 11.3 Å². The monoisotopic (exact) mass is 400 g/mol. The Morgan fingerprint density at radius 1 is 1.07 bits per heavy atom. The van der Waals surface area contributed by atoms with Crippen molar-refractivity contribution in [3.8, 4) is 10.6 Å². The Labute approximate surface area is 165 Å². The molecule has 2 aromatic heterocycles. The third-order valence-electron chi connectivity index (χ3n) is 3.86. The van der Waals surface area contributed by atoms with Gasteiger partial charge in [0.05, 0.1) is 6.54 Å². The lowest BCUT2D eigenvalue weighted by molar-refractivity contribution is -0.115. The number of aromatic nitrogens is 2. The normalized spacial score (nSPS) is 11.2. The molecule has 0 saturated heterocycles. The van der Waals surface area contributed by atoms with E-state index in [-0.39, 0.29) is 23.8 Å². The highest BCUT2D eigenvalue weighted by atomic mass is 32.1. The molecule has 27 heavy (non-hydrogen) atoms. The summed E-state index contributed by atoms with van der Waals surface area (Å²) in [7, 11) is 0. The predicted octanol–water partition coefficient (Wildman–Crippen LogP) is 3.93. The average Bonchev–Trinajstić information content (AvgIpc) is 3.30. The van der Waals surface area contributed by atoms with Crippen molar-refractivity contribution in [2.24, 2.45) is 0 Å². The van der Waals surface area contributed by atoms with Gasteiger partial charge in [0.1, 0.15) is 5.01 Å². The van der Waals surface area contributed by atoms with Crippen LogP contribution < -0.4 is 10.6 Å². The Kier molecular flexibility index (Phi) is 5.67. The Bertz CT molecular complexity index is 926. The summed E-state index contributed by atoms with van der Waals surface area (Å²) in [4.78, 5) is 24.3. The van der Waals surface area contributed by atoms with Gasteiger partial charge in [0.25, 0.3) is 5.91 Å². The van der Waals surface area contributed by atoms with E-state index in [0.29, 0.717) is 10.7 Å². The second-order valence-electron chi connectivity index (χ2n) is 6.98. The topological polar surface area (TPSA) is 84.0 Å². The minimum Gasteiger partial charge on any atom is -0.343 e. The molecule has 0 spiro atoms. The summed E-state index contributed by atoms with van der Waals surface area (Å²) in [6, 6.07) is 9.35. The largest absolute Gasteiger partial charge is 0.343 e. The summed E-state index contributed by atoms with van der Waals surface area (Å²) in [5.74, 6) is -0.635. The third kappa shape index (κ3) is 4.99. The van der Waals surface area contributed by atoms with Crippen molar-refractivity contribution in [2.45, 2.75) is 26.2 Å². The maximum Gasteiger partial charge on any atom is 0.251 e. The number of amides is 2. The summed E-state index contributed by atoms with van der Waals surface area (Å²) in [5, 5.41) is 18.4. The summed E-state index contributed by atoms with van der Waals surface area (Å²) >= 11 is 2.87. The van der Waals surface area contributed by atoms with Gasteiger partial charge in [0.2, 0.25) is 11.0 Å². The van der Waals surface area contributed by atoms with Crippen LogP contribution >= 0.6 is 22.7 Å². The summed E-state index contributed by atoms with van der Waals surface area (Å²) in [6.45, 7) is 6.21.